The van der Waals surface area contributed by atoms with Crippen LogP contribution in [0.25, 0.3) is 0 Å². The van der Waals surface area contributed by atoms with E-state index >= 15 is 0 Å². The monoisotopic (exact) mass is 324 g/mol. The van der Waals surface area contributed by atoms with Crippen LogP contribution in [0.4, 0.5) is 4.79 Å². The highest BCUT2D eigenvalue weighted by Crippen LogP contribution is 2.49. The molecule has 0 aromatic rings. The molecule has 2 fully saturated rings. The van der Waals surface area contributed by atoms with Crippen molar-refractivity contribution in [3.63, 3.8) is 0 Å². The third-order valence-corrected chi connectivity index (χ3v) is 5.54. The molecule has 23 heavy (non-hydrogen) atoms. The molecular weight excluding hydrogens is 292 g/mol. The zero-order valence-electron chi connectivity index (χ0n) is 15.3. The Balaban J connectivity index is 1.73. The van der Waals surface area contributed by atoms with Gasteiger partial charge in [0, 0.05) is 39.3 Å². The van der Waals surface area contributed by atoms with E-state index in [1.54, 1.807) is 19.0 Å². The molecule has 1 spiro atoms. The van der Waals surface area contributed by atoms with E-state index in [1.807, 2.05) is 11.9 Å². The molecule has 6 nitrogen and oxygen atoms in total. The Morgan fingerprint density at radius 3 is 2.22 bits per heavy atom. The first kappa shape index (κ1) is 18.0. The smallest absolute Gasteiger partial charge is 0.317 e. The molecule has 0 unspecified atom stereocenters. The number of piperidine rings is 1. The van der Waals surface area contributed by atoms with Gasteiger partial charge in [0.2, 0.25) is 5.91 Å². The predicted octanol–water partition coefficient (Wildman–Crippen LogP) is 1.37. The van der Waals surface area contributed by atoms with Gasteiger partial charge in [0.05, 0.1) is 6.54 Å². The minimum absolute atomic E-state index is 0.00538. The lowest BCUT2D eigenvalue weighted by atomic mass is 9.60. The molecule has 6 heteroatoms. The molecule has 0 bridgehead atoms. The molecular formula is C17H32N4O2. The number of nitrogens with one attached hydrogen (secondary N) is 1. The third-order valence-electron chi connectivity index (χ3n) is 5.54. The van der Waals surface area contributed by atoms with Gasteiger partial charge < -0.3 is 15.1 Å². The molecule has 0 aromatic carbocycles. The Morgan fingerprint density at radius 1 is 1.17 bits per heavy atom. The number of hydrogen-bond acceptors (Lipinski definition) is 3. The molecule has 0 radical (unpaired) electrons. The fraction of sp³-hybridized carbons (Fsp3) is 0.882. The van der Waals surface area contributed by atoms with Gasteiger partial charge in [0.15, 0.2) is 0 Å². The van der Waals surface area contributed by atoms with Crippen molar-refractivity contribution in [1.29, 1.82) is 0 Å². The SMILES string of the molecule is CC(C)N(C)CC(=O)N1CCC2(CC1)CC(NC(=O)N(C)C)C2. The number of amides is 3. The summed E-state index contributed by atoms with van der Waals surface area (Å²) in [6.45, 7) is 6.44. The van der Waals surface area contributed by atoms with E-state index in [4.69, 9.17) is 0 Å². The Morgan fingerprint density at radius 2 is 1.74 bits per heavy atom. The van der Waals surface area contributed by atoms with Gasteiger partial charge in [-0.1, -0.05) is 0 Å². The highest BCUT2D eigenvalue weighted by molar-refractivity contribution is 5.78. The second kappa shape index (κ2) is 7.07. The van der Waals surface area contributed by atoms with E-state index in [9.17, 15) is 9.59 Å². The van der Waals surface area contributed by atoms with Crippen molar-refractivity contribution in [2.45, 2.75) is 51.6 Å². The van der Waals surface area contributed by atoms with Gasteiger partial charge in [0.25, 0.3) is 0 Å². The van der Waals surface area contributed by atoms with Crippen LogP contribution >= 0.6 is 0 Å². The zero-order chi connectivity index (χ0) is 17.2. The number of likely N-dealkylation sites (tertiary alicyclic amines) is 1. The normalized spacial score (nSPS) is 20.7. The highest BCUT2D eigenvalue weighted by atomic mass is 16.2. The fourth-order valence-electron chi connectivity index (χ4n) is 3.53. The first-order chi connectivity index (χ1) is 10.7. The maximum Gasteiger partial charge on any atom is 0.317 e. The van der Waals surface area contributed by atoms with Gasteiger partial charge >= 0.3 is 6.03 Å². The summed E-state index contributed by atoms with van der Waals surface area (Å²) in [6.07, 6.45) is 4.25. The number of carbonyl (C=O) groups excluding carboxylic acids is 2. The lowest BCUT2D eigenvalue weighted by molar-refractivity contribution is -0.136. The van der Waals surface area contributed by atoms with Crippen LogP contribution in [0.5, 0.6) is 0 Å². The van der Waals surface area contributed by atoms with E-state index in [0.717, 1.165) is 38.8 Å². The van der Waals surface area contributed by atoms with Crippen molar-refractivity contribution in [3.8, 4) is 0 Å². The van der Waals surface area contributed by atoms with Crippen LogP contribution in [0.2, 0.25) is 0 Å². The van der Waals surface area contributed by atoms with Crippen molar-refractivity contribution in [2.75, 3.05) is 40.8 Å². The van der Waals surface area contributed by atoms with Crippen molar-refractivity contribution in [2.24, 2.45) is 5.41 Å². The van der Waals surface area contributed by atoms with Crippen LogP contribution in [0.1, 0.15) is 39.5 Å². The van der Waals surface area contributed by atoms with E-state index in [-0.39, 0.29) is 11.9 Å². The molecule has 0 atom stereocenters. The number of urea groups is 1. The van der Waals surface area contributed by atoms with Crippen molar-refractivity contribution in [1.82, 2.24) is 20.0 Å². The molecule has 2 rings (SSSR count). The topological polar surface area (TPSA) is 55.9 Å². The zero-order valence-corrected chi connectivity index (χ0v) is 15.3. The molecule has 1 aliphatic carbocycles. The summed E-state index contributed by atoms with van der Waals surface area (Å²) in [5.41, 5.74) is 0.352. The Bertz CT molecular complexity index is 434. The largest absolute Gasteiger partial charge is 0.342 e. The first-order valence-corrected chi connectivity index (χ1v) is 8.68. The molecule has 1 saturated heterocycles. The fourth-order valence-corrected chi connectivity index (χ4v) is 3.53. The van der Waals surface area contributed by atoms with E-state index in [2.05, 4.69) is 24.1 Å². The summed E-state index contributed by atoms with van der Waals surface area (Å²) in [7, 11) is 5.53. The minimum atomic E-state index is -0.00538. The summed E-state index contributed by atoms with van der Waals surface area (Å²) >= 11 is 0. The van der Waals surface area contributed by atoms with E-state index in [0.29, 0.717) is 24.0 Å². The highest BCUT2D eigenvalue weighted by Gasteiger charge is 2.46. The molecule has 1 N–H and O–H groups in total. The second-order valence-electron chi connectivity index (χ2n) is 7.84. The number of hydrogen-bond donors (Lipinski definition) is 1. The lowest BCUT2D eigenvalue weighted by Gasteiger charge is -2.52. The average Bonchev–Trinajstić information content (AvgIpc) is 2.45. The van der Waals surface area contributed by atoms with E-state index in [1.165, 1.54) is 0 Å². The summed E-state index contributed by atoms with van der Waals surface area (Å²) in [4.78, 5) is 29.7. The van der Waals surface area contributed by atoms with Crippen LogP contribution in [-0.2, 0) is 4.79 Å². The minimum Gasteiger partial charge on any atom is -0.342 e. The molecule has 132 valence electrons. The average molecular weight is 324 g/mol. The summed E-state index contributed by atoms with van der Waals surface area (Å²) in [5.74, 6) is 0.243. The van der Waals surface area contributed by atoms with Crippen LogP contribution in [-0.4, -0.2) is 79.5 Å². The summed E-state index contributed by atoms with van der Waals surface area (Å²) in [6, 6.07) is 0.691. The molecule has 1 aliphatic heterocycles. The second-order valence-corrected chi connectivity index (χ2v) is 7.84. The van der Waals surface area contributed by atoms with Gasteiger partial charge in [-0.3, -0.25) is 9.69 Å². The maximum atomic E-state index is 12.3. The standard InChI is InChI=1S/C17H32N4O2/c1-13(2)20(5)12-15(22)21-8-6-17(7-9-21)10-14(11-17)18-16(23)19(3)4/h13-14H,6-12H2,1-5H3,(H,18,23). The number of nitrogens with zero attached hydrogens (tertiary/aromatic N) is 3. The molecule has 1 saturated carbocycles. The van der Waals surface area contributed by atoms with Crippen LogP contribution < -0.4 is 5.32 Å². The lowest BCUT2D eigenvalue weighted by Crippen LogP contribution is -2.57. The Labute approximate surface area is 140 Å². The van der Waals surface area contributed by atoms with Crippen molar-refractivity contribution in [3.05, 3.63) is 0 Å². The number of carbonyl (C=O) groups is 2. The van der Waals surface area contributed by atoms with Gasteiger partial charge in [-0.15, -0.1) is 0 Å². The number of likely N-dealkylation sites (N-methyl/N-ethyl adjacent to an activating group) is 1. The predicted molar refractivity (Wildman–Crippen MR) is 91.3 cm³/mol. The van der Waals surface area contributed by atoms with Crippen molar-refractivity contribution < 1.29 is 9.59 Å². The van der Waals surface area contributed by atoms with Crippen LogP contribution in [0, 0.1) is 5.41 Å². The quantitative estimate of drug-likeness (QED) is 0.850. The molecule has 1 heterocycles. The molecule has 0 aromatic heterocycles. The summed E-state index contributed by atoms with van der Waals surface area (Å²) in [5, 5.41) is 3.06. The van der Waals surface area contributed by atoms with Gasteiger partial charge in [-0.05, 0) is 52.0 Å². The third kappa shape index (κ3) is 4.37. The van der Waals surface area contributed by atoms with Gasteiger partial charge in [-0.25, -0.2) is 4.79 Å². The Hall–Kier alpha value is -1.30. The maximum absolute atomic E-state index is 12.3. The van der Waals surface area contributed by atoms with Crippen LogP contribution in [0.3, 0.4) is 0 Å². The number of rotatable bonds is 4. The van der Waals surface area contributed by atoms with Crippen LogP contribution in [0.15, 0.2) is 0 Å². The van der Waals surface area contributed by atoms with Crippen molar-refractivity contribution >= 4 is 11.9 Å². The van der Waals surface area contributed by atoms with Gasteiger partial charge in [0.1, 0.15) is 0 Å². The molecule has 3 amide bonds. The Kier molecular flexibility index (Phi) is 5.55. The van der Waals surface area contributed by atoms with Gasteiger partial charge in [-0.2, -0.15) is 0 Å². The molecule has 2 aliphatic rings. The first-order valence-electron chi connectivity index (χ1n) is 8.68. The summed E-state index contributed by atoms with van der Waals surface area (Å²) < 4.78 is 0. The van der Waals surface area contributed by atoms with E-state index < -0.39 is 0 Å².